The van der Waals surface area contributed by atoms with E-state index in [1.807, 2.05) is 0 Å². The number of halogens is 2. The average molecular weight is 335 g/mol. The van der Waals surface area contributed by atoms with E-state index in [9.17, 15) is 18.8 Å². The Morgan fingerprint density at radius 2 is 2.19 bits per heavy atom. The van der Waals surface area contributed by atoms with Gasteiger partial charge in [-0.3, -0.25) is 9.59 Å². The molecule has 0 heterocycles. The third kappa shape index (κ3) is 6.01. The molecule has 6 nitrogen and oxygen atoms in total. The van der Waals surface area contributed by atoms with Gasteiger partial charge in [-0.2, -0.15) is 0 Å². The number of amides is 2. The lowest BCUT2D eigenvalue weighted by Crippen LogP contribution is -2.38. The van der Waals surface area contributed by atoms with E-state index in [1.54, 1.807) is 0 Å². The van der Waals surface area contributed by atoms with Crippen molar-refractivity contribution in [1.82, 2.24) is 5.32 Å². The summed E-state index contributed by atoms with van der Waals surface area (Å²) in [6.45, 7) is 0. The fourth-order valence-corrected chi connectivity index (χ4v) is 2.33. The van der Waals surface area contributed by atoms with E-state index in [1.165, 1.54) is 12.1 Å². The van der Waals surface area contributed by atoms with Gasteiger partial charge >= 0.3 is 5.97 Å². The minimum absolute atomic E-state index is 0.00852. The van der Waals surface area contributed by atoms with Crippen molar-refractivity contribution in [2.75, 3.05) is 16.8 Å². The molecule has 0 bridgehead atoms. The van der Waals surface area contributed by atoms with E-state index in [4.69, 9.17) is 16.7 Å². The van der Waals surface area contributed by atoms with Crippen molar-refractivity contribution in [2.45, 2.75) is 6.04 Å². The third-order valence-corrected chi connectivity index (χ3v) is 3.56. The summed E-state index contributed by atoms with van der Waals surface area (Å²) in [5, 5.41) is 13.4. The summed E-state index contributed by atoms with van der Waals surface area (Å²) in [6.07, 6.45) is 0.280. The van der Waals surface area contributed by atoms with Gasteiger partial charge in [-0.1, -0.05) is 11.6 Å². The van der Waals surface area contributed by atoms with Gasteiger partial charge in [-0.05, 0) is 18.2 Å². The van der Waals surface area contributed by atoms with Gasteiger partial charge in [0.05, 0.1) is 11.4 Å². The zero-order valence-electron chi connectivity index (χ0n) is 10.6. The van der Waals surface area contributed by atoms with Crippen LogP contribution in [0.15, 0.2) is 18.2 Å². The smallest absolute Gasteiger partial charge is 0.327 e. The van der Waals surface area contributed by atoms with Crippen molar-refractivity contribution in [2.24, 2.45) is 0 Å². The Labute approximate surface area is 129 Å². The SMILES string of the molecule is O=CNC(CSCC(=O)Nc1ccc(Cl)cc1F)C(=O)O. The minimum Gasteiger partial charge on any atom is -0.480 e. The van der Waals surface area contributed by atoms with E-state index in [2.05, 4.69) is 10.6 Å². The van der Waals surface area contributed by atoms with Crippen LogP contribution in [0.4, 0.5) is 10.1 Å². The Kier molecular flexibility index (Phi) is 6.97. The molecule has 0 fully saturated rings. The second-order valence-corrected chi connectivity index (χ2v) is 5.33. The molecular formula is C12H12ClFN2O4S. The maximum absolute atomic E-state index is 13.4. The topological polar surface area (TPSA) is 95.5 Å². The predicted molar refractivity (Wildman–Crippen MR) is 78.0 cm³/mol. The first-order valence-corrected chi connectivity index (χ1v) is 7.22. The van der Waals surface area contributed by atoms with Crippen LogP contribution in [0.25, 0.3) is 0 Å². The second-order valence-electron chi connectivity index (χ2n) is 3.86. The van der Waals surface area contributed by atoms with Crippen LogP contribution in [0.1, 0.15) is 0 Å². The molecule has 0 saturated heterocycles. The highest BCUT2D eigenvalue weighted by Gasteiger charge is 2.17. The number of hydrogen-bond acceptors (Lipinski definition) is 4. The summed E-state index contributed by atoms with van der Waals surface area (Å²) in [7, 11) is 0. The number of hydrogen-bond donors (Lipinski definition) is 3. The molecule has 0 spiro atoms. The lowest BCUT2D eigenvalue weighted by Gasteiger charge is -2.10. The van der Waals surface area contributed by atoms with Gasteiger partial charge in [-0.15, -0.1) is 11.8 Å². The lowest BCUT2D eigenvalue weighted by molar-refractivity contribution is -0.139. The van der Waals surface area contributed by atoms with Gasteiger partial charge in [-0.25, -0.2) is 9.18 Å². The van der Waals surface area contributed by atoms with Gasteiger partial charge in [0.1, 0.15) is 11.9 Å². The third-order valence-electron chi connectivity index (χ3n) is 2.29. The number of thioether (sulfide) groups is 1. The Balaban J connectivity index is 2.43. The quantitative estimate of drug-likeness (QED) is 0.624. The Morgan fingerprint density at radius 3 is 2.76 bits per heavy atom. The maximum atomic E-state index is 13.4. The minimum atomic E-state index is -1.20. The maximum Gasteiger partial charge on any atom is 0.327 e. The standard InChI is InChI=1S/C12H12ClFN2O4S/c13-7-1-2-9(8(14)3-7)16-11(18)5-21-4-10(12(19)20)15-6-17/h1-3,6,10H,4-5H2,(H,15,17)(H,16,18)(H,19,20). The normalized spacial score (nSPS) is 11.5. The van der Waals surface area contributed by atoms with Crippen molar-refractivity contribution in [3.63, 3.8) is 0 Å². The summed E-state index contributed by atoms with van der Waals surface area (Å²) in [4.78, 5) is 32.5. The number of carboxylic acid groups (broad SMARTS) is 1. The number of carbonyl (C=O) groups excluding carboxylic acids is 2. The molecule has 1 aromatic carbocycles. The number of aliphatic carboxylic acids is 1. The van der Waals surface area contributed by atoms with E-state index < -0.39 is 23.7 Å². The van der Waals surface area contributed by atoms with E-state index >= 15 is 0 Å². The fraction of sp³-hybridized carbons (Fsp3) is 0.250. The van der Waals surface area contributed by atoms with Crippen LogP contribution in [-0.2, 0) is 14.4 Å². The van der Waals surface area contributed by atoms with Gasteiger partial charge < -0.3 is 15.7 Å². The van der Waals surface area contributed by atoms with Crippen LogP contribution in [0, 0.1) is 5.82 Å². The first kappa shape index (κ1) is 17.3. The lowest BCUT2D eigenvalue weighted by atomic mass is 10.3. The highest BCUT2D eigenvalue weighted by atomic mass is 35.5. The van der Waals surface area contributed by atoms with Crippen LogP contribution >= 0.6 is 23.4 Å². The molecule has 1 atom stereocenters. The predicted octanol–water partition coefficient (Wildman–Crippen LogP) is 1.35. The van der Waals surface area contributed by atoms with Crippen LogP contribution in [0.2, 0.25) is 5.02 Å². The average Bonchev–Trinajstić information content (AvgIpc) is 2.41. The highest BCUT2D eigenvalue weighted by Crippen LogP contribution is 2.19. The van der Waals surface area contributed by atoms with Gasteiger partial charge in [0.25, 0.3) is 0 Å². The molecule has 21 heavy (non-hydrogen) atoms. The van der Waals surface area contributed by atoms with Crippen molar-refractivity contribution in [1.29, 1.82) is 0 Å². The van der Waals surface area contributed by atoms with Crippen molar-refractivity contribution >= 4 is 47.3 Å². The van der Waals surface area contributed by atoms with Gasteiger partial charge in [0, 0.05) is 10.8 Å². The van der Waals surface area contributed by atoms with Crippen LogP contribution < -0.4 is 10.6 Å². The number of carboxylic acids is 1. The first-order valence-electron chi connectivity index (χ1n) is 5.69. The molecule has 0 aliphatic rings. The number of anilines is 1. The summed E-state index contributed by atoms with van der Waals surface area (Å²) in [5.74, 6) is -2.40. The molecule has 3 N–H and O–H groups in total. The van der Waals surface area contributed by atoms with E-state index in [-0.39, 0.29) is 28.6 Å². The second kappa shape index (κ2) is 8.48. The zero-order chi connectivity index (χ0) is 15.8. The Bertz CT molecular complexity index is 544. The number of carbonyl (C=O) groups is 3. The first-order chi connectivity index (χ1) is 9.93. The molecule has 0 aliphatic heterocycles. The summed E-state index contributed by atoms with van der Waals surface area (Å²) < 4.78 is 13.4. The Hall–Kier alpha value is -1.80. The van der Waals surface area contributed by atoms with E-state index in [0.29, 0.717) is 0 Å². The molecule has 1 unspecified atom stereocenters. The van der Waals surface area contributed by atoms with Crippen LogP contribution in [-0.4, -0.2) is 40.9 Å². The monoisotopic (exact) mass is 334 g/mol. The molecule has 0 aliphatic carbocycles. The van der Waals surface area contributed by atoms with E-state index in [0.717, 1.165) is 17.8 Å². The fourth-order valence-electron chi connectivity index (χ4n) is 1.32. The zero-order valence-corrected chi connectivity index (χ0v) is 12.2. The molecule has 1 aromatic rings. The van der Waals surface area contributed by atoms with Crippen LogP contribution in [0.5, 0.6) is 0 Å². The van der Waals surface area contributed by atoms with Crippen molar-refractivity contribution in [3.8, 4) is 0 Å². The largest absolute Gasteiger partial charge is 0.480 e. The number of nitrogens with one attached hydrogen (secondary N) is 2. The molecule has 114 valence electrons. The molecule has 1 rings (SSSR count). The molecule has 9 heteroatoms. The van der Waals surface area contributed by atoms with Gasteiger partial charge in [0.15, 0.2) is 0 Å². The number of benzene rings is 1. The summed E-state index contributed by atoms with van der Waals surface area (Å²) in [6, 6.07) is 2.75. The summed E-state index contributed by atoms with van der Waals surface area (Å²) in [5.41, 5.74) is -0.00852. The molecule has 0 radical (unpaired) electrons. The van der Waals surface area contributed by atoms with Crippen molar-refractivity contribution < 1.29 is 23.9 Å². The molecular weight excluding hydrogens is 323 g/mol. The molecule has 2 amide bonds. The Morgan fingerprint density at radius 1 is 1.48 bits per heavy atom. The highest BCUT2D eigenvalue weighted by molar-refractivity contribution is 8.00. The van der Waals surface area contributed by atoms with Crippen LogP contribution in [0.3, 0.4) is 0 Å². The van der Waals surface area contributed by atoms with Crippen molar-refractivity contribution in [3.05, 3.63) is 29.0 Å². The van der Waals surface area contributed by atoms with Gasteiger partial charge in [0.2, 0.25) is 12.3 Å². The summed E-state index contributed by atoms with van der Waals surface area (Å²) >= 11 is 6.59. The molecule has 0 aromatic heterocycles. The molecule has 0 saturated carbocycles. The number of rotatable bonds is 8.